The Labute approximate surface area is 107 Å². The highest BCUT2D eigenvalue weighted by atomic mass is 19.1. The predicted octanol–water partition coefficient (Wildman–Crippen LogP) is 3.12. The van der Waals surface area contributed by atoms with Gasteiger partial charge in [-0.1, -0.05) is 24.6 Å². The SMILES string of the molecule is O=C(C1CCC1)N(Cc1ccccc1F)C1CC1. The van der Waals surface area contributed by atoms with Crippen molar-refractivity contribution in [3.05, 3.63) is 35.6 Å². The van der Waals surface area contributed by atoms with Crippen molar-refractivity contribution >= 4 is 5.91 Å². The van der Waals surface area contributed by atoms with E-state index in [1.54, 1.807) is 12.1 Å². The molecule has 2 aliphatic rings. The van der Waals surface area contributed by atoms with Crippen LogP contribution in [0.3, 0.4) is 0 Å². The van der Waals surface area contributed by atoms with Crippen molar-refractivity contribution in [3.63, 3.8) is 0 Å². The van der Waals surface area contributed by atoms with Crippen molar-refractivity contribution in [2.45, 2.75) is 44.7 Å². The Morgan fingerprint density at radius 1 is 1.22 bits per heavy atom. The molecule has 0 aromatic heterocycles. The van der Waals surface area contributed by atoms with Crippen LogP contribution in [0.1, 0.15) is 37.7 Å². The zero-order valence-corrected chi connectivity index (χ0v) is 10.4. The van der Waals surface area contributed by atoms with E-state index >= 15 is 0 Å². The molecule has 0 N–H and O–H groups in total. The molecule has 1 amide bonds. The number of carbonyl (C=O) groups excluding carboxylic acids is 1. The smallest absolute Gasteiger partial charge is 0.226 e. The third kappa shape index (κ3) is 2.26. The zero-order valence-electron chi connectivity index (χ0n) is 10.4. The maximum absolute atomic E-state index is 13.7. The minimum Gasteiger partial charge on any atom is -0.335 e. The van der Waals surface area contributed by atoms with Crippen molar-refractivity contribution in [1.82, 2.24) is 4.90 Å². The maximum atomic E-state index is 13.7. The van der Waals surface area contributed by atoms with Gasteiger partial charge in [0.2, 0.25) is 5.91 Å². The quantitative estimate of drug-likeness (QED) is 0.800. The third-order valence-electron chi connectivity index (χ3n) is 4.02. The van der Waals surface area contributed by atoms with Gasteiger partial charge in [0.15, 0.2) is 0 Å². The maximum Gasteiger partial charge on any atom is 0.226 e. The first-order valence-corrected chi connectivity index (χ1v) is 6.79. The molecule has 96 valence electrons. The number of rotatable bonds is 4. The highest BCUT2D eigenvalue weighted by molar-refractivity contribution is 5.80. The van der Waals surface area contributed by atoms with Crippen LogP contribution in [0.5, 0.6) is 0 Å². The van der Waals surface area contributed by atoms with Gasteiger partial charge in [-0.15, -0.1) is 0 Å². The van der Waals surface area contributed by atoms with Gasteiger partial charge in [0, 0.05) is 24.1 Å². The molecule has 3 heteroatoms. The molecule has 2 fully saturated rings. The molecule has 0 heterocycles. The average Bonchev–Trinajstić information content (AvgIpc) is 3.09. The molecule has 0 radical (unpaired) electrons. The normalized spacial score (nSPS) is 19.4. The van der Waals surface area contributed by atoms with E-state index in [4.69, 9.17) is 0 Å². The summed E-state index contributed by atoms with van der Waals surface area (Å²) in [6, 6.07) is 7.12. The number of halogens is 1. The molecule has 0 saturated heterocycles. The Kier molecular flexibility index (Phi) is 3.06. The van der Waals surface area contributed by atoms with Crippen LogP contribution in [0.15, 0.2) is 24.3 Å². The number of nitrogens with zero attached hydrogens (tertiary/aromatic N) is 1. The summed E-state index contributed by atoms with van der Waals surface area (Å²) in [5, 5.41) is 0. The van der Waals surface area contributed by atoms with E-state index in [9.17, 15) is 9.18 Å². The number of hydrogen-bond donors (Lipinski definition) is 0. The number of hydrogen-bond acceptors (Lipinski definition) is 1. The molecule has 0 atom stereocenters. The summed E-state index contributed by atoms with van der Waals surface area (Å²) in [7, 11) is 0. The van der Waals surface area contributed by atoms with Crippen molar-refractivity contribution in [3.8, 4) is 0 Å². The second-order valence-electron chi connectivity index (χ2n) is 5.42. The first-order valence-electron chi connectivity index (χ1n) is 6.79. The first-order chi connectivity index (χ1) is 8.75. The van der Waals surface area contributed by atoms with E-state index in [-0.39, 0.29) is 17.6 Å². The topological polar surface area (TPSA) is 20.3 Å². The van der Waals surface area contributed by atoms with Crippen LogP contribution in [0, 0.1) is 11.7 Å². The molecule has 1 aromatic rings. The zero-order chi connectivity index (χ0) is 12.5. The fourth-order valence-electron chi connectivity index (χ4n) is 2.47. The van der Waals surface area contributed by atoms with Crippen molar-refractivity contribution in [1.29, 1.82) is 0 Å². The van der Waals surface area contributed by atoms with Crippen LogP contribution in [0.2, 0.25) is 0 Å². The number of carbonyl (C=O) groups is 1. The van der Waals surface area contributed by atoms with E-state index in [2.05, 4.69) is 0 Å². The lowest BCUT2D eigenvalue weighted by atomic mass is 9.84. The molecule has 2 nitrogen and oxygen atoms in total. The molecule has 3 rings (SSSR count). The summed E-state index contributed by atoms with van der Waals surface area (Å²) in [5.74, 6) is 0.244. The second kappa shape index (κ2) is 4.71. The van der Waals surface area contributed by atoms with Crippen molar-refractivity contribution in [2.75, 3.05) is 0 Å². The molecule has 0 bridgehead atoms. The molecule has 2 aliphatic carbocycles. The van der Waals surface area contributed by atoms with Crippen LogP contribution < -0.4 is 0 Å². The highest BCUT2D eigenvalue weighted by Crippen LogP contribution is 2.35. The van der Waals surface area contributed by atoms with Crippen LogP contribution in [-0.2, 0) is 11.3 Å². The van der Waals surface area contributed by atoms with Crippen LogP contribution in [0.25, 0.3) is 0 Å². The molecule has 0 spiro atoms. The minimum atomic E-state index is -0.204. The molecule has 1 aromatic carbocycles. The summed E-state index contributed by atoms with van der Waals surface area (Å²) in [6.07, 6.45) is 5.34. The fourth-order valence-corrected chi connectivity index (χ4v) is 2.47. The molecule has 2 saturated carbocycles. The van der Waals surface area contributed by atoms with Gasteiger partial charge in [0.25, 0.3) is 0 Å². The van der Waals surface area contributed by atoms with E-state index < -0.39 is 0 Å². The van der Waals surface area contributed by atoms with Crippen molar-refractivity contribution < 1.29 is 9.18 Å². The largest absolute Gasteiger partial charge is 0.335 e. The van der Waals surface area contributed by atoms with Gasteiger partial charge in [-0.05, 0) is 31.7 Å². The minimum absolute atomic E-state index is 0.204. The van der Waals surface area contributed by atoms with Gasteiger partial charge < -0.3 is 4.90 Å². The van der Waals surface area contributed by atoms with Gasteiger partial charge in [-0.3, -0.25) is 4.79 Å². The van der Waals surface area contributed by atoms with Gasteiger partial charge in [0.05, 0.1) is 0 Å². The standard InChI is InChI=1S/C15H18FNO/c16-14-7-2-1-4-12(14)10-17(13-8-9-13)15(18)11-5-3-6-11/h1-2,4,7,11,13H,3,5-6,8-10H2. The van der Waals surface area contributed by atoms with Gasteiger partial charge >= 0.3 is 0 Å². The summed E-state index contributed by atoms with van der Waals surface area (Å²) < 4.78 is 13.7. The van der Waals surface area contributed by atoms with Crippen LogP contribution in [-0.4, -0.2) is 16.8 Å². The molecular weight excluding hydrogens is 229 g/mol. The molecular formula is C15H18FNO. The Bertz CT molecular complexity index is 452. The summed E-state index contributed by atoms with van der Waals surface area (Å²) in [4.78, 5) is 14.2. The summed E-state index contributed by atoms with van der Waals surface area (Å²) in [5.41, 5.74) is 0.636. The predicted molar refractivity (Wildman–Crippen MR) is 67.3 cm³/mol. The summed E-state index contributed by atoms with van der Waals surface area (Å²) >= 11 is 0. The lowest BCUT2D eigenvalue weighted by molar-refractivity contribution is -0.139. The Hall–Kier alpha value is -1.38. The van der Waals surface area contributed by atoms with Gasteiger partial charge in [-0.25, -0.2) is 4.39 Å². The number of benzene rings is 1. The van der Waals surface area contributed by atoms with E-state index in [0.717, 1.165) is 32.1 Å². The molecule has 0 aliphatic heterocycles. The fraction of sp³-hybridized carbons (Fsp3) is 0.533. The van der Waals surface area contributed by atoms with Crippen molar-refractivity contribution in [2.24, 2.45) is 5.92 Å². The Morgan fingerprint density at radius 2 is 1.94 bits per heavy atom. The molecule has 18 heavy (non-hydrogen) atoms. The summed E-state index contributed by atoms with van der Waals surface area (Å²) in [6.45, 7) is 0.437. The second-order valence-corrected chi connectivity index (χ2v) is 5.42. The van der Waals surface area contributed by atoms with E-state index in [1.807, 2.05) is 11.0 Å². The van der Waals surface area contributed by atoms with E-state index in [0.29, 0.717) is 18.2 Å². The monoisotopic (exact) mass is 247 g/mol. The lowest BCUT2D eigenvalue weighted by Crippen LogP contribution is -2.40. The number of amides is 1. The van der Waals surface area contributed by atoms with Crippen LogP contribution >= 0.6 is 0 Å². The highest BCUT2D eigenvalue weighted by Gasteiger charge is 2.37. The van der Waals surface area contributed by atoms with Gasteiger partial charge in [-0.2, -0.15) is 0 Å². The third-order valence-corrected chi connectivity index (χ3v) is 4.02. The Morgan fingerprint density at radius 3 is 2.50 bits per heavy atom. The molecule has 0 unspecified atom stereocenters. The average molecular weight is 247 g/mol. The first kappa shape index (κ1) is 11.7. The van der Waals surface area contributed by atoms with E-state index in [1.165, 1.54) is 6.07 Å². The Balaban J connectivity index is 1.74. The van der Waals surface area contributed by atoms with Crippen LogP contribution in [0.4, 0.5) is 4.39 Å². The van der Waals surface area contributed by atoms with Gasteiger partial charge in [0.1, 0.15) is 5.82 Å². The lowest BCUT2D eigenvalue weighted by Gasteiger charge is -2.32.